The van der Waals surface area contributed by atoms with E-state index in [1.165, 1.54) is 0 Å². The van der Waals surface area contributed by atoms with Gasteiger partial charge in [0.2, 0.25) is 5.89 Å². The van der Waals surface area contributed by atoms with Gasteiger partial charge in [-0.1, -0.05) is 5.16 Å². The Labute approximate surface area is 96.3 Å². The summed E-state index contributed by atoms with van der Waals surface area (Å²) < 4.78 is 44.3. The van der Waals surface area contributed by atoms with Gasteiger partial charge in [-0.05, 0) is 6.92 Å². The molecule has 1 aromatic rings. The van der Waals surface area contributed by atoms with E-state index in [1.54, 1.807) is 6.92 Å². The fourth-order valence-corrected chi connectivity index (χ4v) is 1.09. The Morgan fingerprint density at radius 2 is 2.12 bits per heavy atom. The summed E-state index contributed by atoms with van der Waals surface area (Å²) in [6.07, 6.45) is -3.72. The molecule has 1 heterocycles. The Morgan fingerprint density at radius 3 is 2.71 bits per heavy atom. The SMILES string of the molecule is Cc1noc(CCNCCOCC(F)(F)F)n1. The Hall–Kier alpha value is -1.15. The summed E-state index contributed by atoms with van der Waals surface area (Å²) in [4.78, 5) is 3.98. The molecule has 0 aromatic carbocycles. The van der Waals surface area contributed by atoms with Crippen molar-refractivity contribution < 1.29 is 22.4 Å². The number of ether oxygens (including phenoxy) is 1. The Bertz CT molecular complexity index is 328. The number of hydrogen-bond donors (Lipinski definition) is 1. The second-order valence-electron chi connectivity index (χ2n) is 3.40. The summed E-state index contributed by atoms with van der Waals surface area (Å²) in [6, 6.07) is 0. The average molecular weight is 253 g/mol. The van der Waals surface area contributed by atoms with E-state index in [-0.39, 0.29) is 6.61 Å². The number of hydrogen-bond acceptors (Lipinski definition) is 5. The van der Waals surface area contributed by atoms with Gasteiger partial charge in [0.1, 0.15) is 6.61 Å². The van der Waals surface area contributed by atoms with Crippen LogP contribution in [0, 0.1) is 6.92 Å². The van der Waals surface area contributed by atoms with Gasteiger partial charge < -0.3 is 14.6 Å². The highest BCUT2D eigenvalue weighted by Crippen LogP contribution is 2.13. The van der Waals surface area contributed by atoms with Gasteiger partial charge in [0, 0.05) is 19.5 Å². The first-order valence-electron chi connectivity index (χ1n) is 5.12. The maximum Gasteiger partial charge on any atom is 0.411 e. The van der Waals surface area contributed by atoms with Crippen LogP contribution in [0.1, 0.15) is 11.7 Å². The maximum atomic E-state index is 11.7. The van der Waals surface area contributed by atoms with E-state index in [9.17, 15) is 13.2 Å². The number of nitrogens with zero attached hydrogens (tertiary/aromatic N) is 2. The lowest BCUT2D eigenvalue weighted by atomic mass is 10.4. The topological polar surface area (TPSA) is 60.2 Å². The molecular weight excluding hydrogens is 239 g/mol. The van der Waals surface area contributed by atoms with Crippen molar-refractivity contribution in [2.75, 3.05) is 26.3 Å². The fraction of sp³-hybridized carbons (Fsp3) is 0.778. The maximum absolute atomic E-state index is 11.7. The smallest absolute Gasteiger partial charge is 0.371 e. The standard InChI is InChI=1S/C9H14F3N3O2/c1-7-14-8(17-15-7)2-3-13-4-5-16-6-9(10,11)12/h13H,2-6H2,1H3. The zero-order chi connectivity index (χ0) is 12.7. The molecule has 5 nitrogen and oxygen atoms in total. The van der Waals surface area contributed by atoms with Crippen LogP contribution in [0.25, 0.3) is 0 Å². The lowest BCUT2D eigenvalue weighted by Crippen LogP contribution is -2.25. The zero-order valence-corrected chi connectivity index (χ0v) is 9.38. The minimum absolute atomic E-state index is 0.0162. The summed E-state index contributed by atoms with van der Waals surface area (Å²) in [6.45, 7) is 1.42. The number of halogens is 3. The highest BCUT2D eigenvalue weighted by atomic mass is 19.4. The number of rotatable bonds is 7. The van der Waals surface area contributed by atoms with E-state index < -0.39 is 12.8 Å². The number of nitrogens with one attached hydrogen (secondary N) is 1. The molecule has 1 N–H and O–H groups in total. The summed E-state index contributed by atoms with van der Waals surface area (Å²) in [5.41, 5.74) is 0. The van der Waals surface area contributed by atoms with Gasteiger partial charge in [0.25, 0.3) is 0 Å². The van der Waals surface area contributed by atoms with Crippen molar-refractivity contribution in [2.24, 2.45) is 0 Å². The van der Waals surface area contributed by atoms with Gasteiger partial charge >= 0.3 is 6.18 Å². The molecule has 98 valence electrons. The molecule has 0 amide bonds. The van der Waals surface area contributed by atoms with Gasteiger partial charge in [-0.3, -0.25) is 0 Å². The molecule has 0 bridgehead atoms. The molecule has 1 aromatic heterocycles. The third kappa shape index (κ3) is 6.90. The molecule has 8 heteroatoms. The van der Waals surface area contributed by atoms with E-state index >= 15 is 0 Å². The summed E-state index contributed by atoms with van der Waals surface area (Å²) in [5.74, 6) is 1.07. The largest absolute Gasteiger partial charge is 0.411 e. The fourth-order valence-electron chi connectivity index (χ4n) is 1.09. The van der Waals surface area contributed by atoms with E-state index in [0.717, 1.165) is 0 Å². The molecular formula is C9H14F3N3O2. The summed E-state index contributed by atoms with van der Waals surface area (Å²) in [7, 11) is 0. The van der Waals surface area contributed by atoms with Crippen LogP contribution in [0.2, 0.25) is 0 Å². The first-order valence-corrected chi connectivity index (χ1v) is 5.12. The Balaban J connectivity index is 1.95. The van der Waals surface area contributed by atoms with Crippen LogP contribution in [0.3, 0.4) is 0 Å². The van der Waals surface area contributed by atoms with Crippen LogP contribution in [0.4, 0.5) is 13.2 Å². The third-order valence-electron chi connectivity index (χ3n) is 1.77. The quantitative estimate of drug-likeness (QED) is 0.737. The number of alkyl halides is 3. The highest BCUT2D eigenvalue weighted by Gasteiger charge is 2.27. The molecule has 0 saturated heterocycles. The number of aryl methyl sites for hydroxylation is 1. The normalized spacial score (nSPS) is 12.0. The Morgan fingerprint density at radius 1 is 1.35 bits per heavy atom. The van der Waals surface area contributed by atoms with Gasteiger partial charge in [0.05, 0.1) is 6.61 Å². The molecule has 0 aliphatic heterocycles. The predicted octanol–water partition coefficient (Wildman–Crippen LogP) is 1.09. The molecule has 17 heavy (non-hydrogen) atoms. The van der Waals surface area contributed by atoms with Gasteiger partial charge in [0.15, 0.2) is 5.82 Å². The second kappa shape index (κ2) is 6.55. The van der Waals surface area contributed by atoms with Gasteiger partial charge in [-0.15, -0.1) is 0 Å². The van der Waals surface area contributed by atoms with Crippen molar-refractivity contribution in [3.8, 4) is 0 Å². The van der Waals surface area contributed by atoms with Crippen molar-refractivity contribution in [2.45, 2.75) is 19.5 Å². The van der Waals surface area contributed by atoms with Crippen molar-refractivity contribution in [3.63, 3.8) is 0 Å². The van der Waals surface area contributed by atoms with Crippen LogP contribution in [-0.4, -0.2) is 42.6 Å². The van der Waals surface area contributed by atoms with Crippen LogP contribution in [-0.2, 0) is 11.2 Å². The van der Waals surface area contributed by atoms with Gasteiger partial charge in [-0.25, -0.2) is 0 Å². The molecule has 0 atom stereocenters. The molecule has 0 fully saturated rings. The van der Waals surface area contributed by atoms with Crippen LogP contribution >= 0.6 is 0 Å². The van der Waals surface area contributed by atoms with Crippen LogP contribution in [0.5, 0.6) is 0 Å². The van der Waals surface area contributed by atoms with E-state index in [1.807, 2.05) is 0 Å². The molecule has 0 radical (unpaired) electrons. The van der Waals surface area contributed by atoms with Crippen molar-refractivity contribution in [1.82, 2.24) is 15.5 Å². The van der Waals surface area contributed by atoms with E-state index in [0.29, 0.717) is 31.2 Å². The van der Waals surface area contributed by atoms with Crippen LogP contribution in [0.15, 0.2) is 4.52 Å². The first-order chi connectivity index (χ1) is 7.97. The molecule has 0 aliphatic carbocycles. The van der Waals surface area contributed by atoms with Gasteiger partial charge in [-0.2, -0.15) is 18.2 Å². The molecule has 0 unspecified atom stereocenters. The minimum Gasteiger partial charge on any atom is -0.371 e. The molecule has 0 spiro atoms. The third-order valence-corrected chi connectivity index (χ3v) is 1.77. The Kier molecular flexibility index (Phi) is 5.36. The predicted molar refractivity (Wildman–Crippen MR) is 52.5 cm³/mol. The lowest BCUT2D eigenvalue weighted by Gasteiger charge is -2.07. The highest BCUT2D eigenvalue weighted by molar-refractivity contribution is 4.83. The minimum atomic E-state index is -4.26. The van der Waals surface area contributed by atoms with E-state index in [2.05, 4.69) is 20.2 Å². The van der Waals surface area contributed by atoms with Crippen molar-refractivity contribution in [1.29, 1.82) is 0 Å². The molecule has 1 rings (SSSR count). The molecule has 0 aliphatic rings. The van der Waals surface area contributed by atoms with Crippen LogP contribution < -0.4 is 5.32 Å². The van der Waals surface area contributed by atoms with Crippen molar-refractivity contribution >= 4 is 0 Å². The first kappa shape index (κ1) is 13.9. The number of aromatic nitrogens is 2. The average Bonchev–Trinajstić information content (AvgIpc) is 2.61. The molecule has 0 saturated carbocycles. The van der Waals surface area contributed by atoms with E-state index in [4.69, 9.17) is 4.52 Å². The zero-order valence-electron chi connectivity index (χ0n) is 9.38. The summed E-state index contributed by atoms with van der Waals surface area (Å²) >= 11 is 0. The monoisotopic (exact) mass is 253 g/mol. The second-order valence-corrected chi connectivity index (χ2v) is 3.40. The lowest BCUT2D eigenvalue weighted by molar-refractivity contribution is -0.173. The van der Waals surface area contributed by atoms with Crippen molar-refractivity contribution in [3.05, 3.63) is 11.7 Å². The summed E-state index contributed by atoms with van der Waals surface area (Å²) in [5, 5.41) is 6.52.